The molecule has 26 heavy (non-hydrogen) atoms. The summed E-state index contributed by atoms with van der Waals surface area (Å²) in [5.74, 6) is 1.51. The van der Waals surface area contributed by atoms with Crippen LogP contribution in [-0.4, -0.2) is 32.2 Å². The van der Waals surface area contributed by atoms with Gasteiger partial charge in [-0.05, 0) is 46.9 Å². The van der Waals surface area contributed by atoms with Crippen molar-refractivity contribution in [1.82, 2.24) is 4.68 Å². The third kappa shape index (κ3) is 3.83. The molecule has 0 N–H and O–H groups in total. The molecule has 1 heterocycles. The smallest absolute Gasteiger partial charge is 0.205 e. The number of aromatic nitrogens is 1. The van der Waals surface area contributed by atoms with Gasteiger partial charge in [-0.15, -0.1) is 11.3 Å². The average molecular weight is 479 g/mol. The molecule has 0 radical (unpaired) electrons. The van der Waals surface area contributed by atoms with Gasteiger partial charge >= 0.3 is 0 Å². The second-order valence-electron chi connectivity index (χ2n) is 5.27. The predicted molar refractivity (Wildman–Crippen MR) is 114 cm³/mol. The maximum absolute atomic E-state index is 5.53. The van der Waals surface area contributed by atoms with Crippen molar-refractivity contribution >= 4 is 40.1 Å². The number of hydrogen-bond donors (Lipinski definition) is 0. The molecule has 0 amide bonds. The highest BCUT2D eigenvalue weighted by molar-refractivity contribution is 14.1. The number of ether oxygens (including phenoxy) is 2. The van der Waals surface area contributed by atoms with E-state index in [1.54, 1.807) is 21.3 Å². The van der Waals surface area contributed by atoms with Gasteiger partial charge in [-0.3, -0.25) is 4.99 Å². The Balaban J connectivity index is 2.14. The highest BCUT2D eigenvalue weighted by Crippen LogP contribution is 2.33. The highest BCUT2D eigenvalue weighted by atomic mass is 127. The topological polar surface area (TPSA) is 48.1 Å². The summed E-state index contributed by atoms with van der Waals surface area (Å²) in [5, 5.41) is 6.70. The molecule has 0 bridgehead atoms. The van der Waals surface area contributed by atoms with Crippen molar-refractivity contribution < 1.29 is 9.47 Å². The third-order valence-electron chi connectivity index (χ3n) is 3.78. The fourth-order valence-corrected chi connectivity index (χ4v) is 3.78. The number of rotatable bonds is 5. The first-order valence-corrected chi connectivity index (χ1v) is 9.78. The van der Waals surface area contributed by atoms with Crippen LogP contribution in [0.15, 0.2) is 57.9 Å². The molecule has 3 rings (SSSR count). The number of benzene rings is 2. The molecule has 0 fully saturated rings. The molecule has 134 valence electrons. The summed E-state index contributed by atoms with van der Waals surface area (Å²) in [4.78, 5) is 5.14. The van der Waals surface area contributed by atoms with Crippen LogP contribution < -0.4 is 14.3 Å². The van der Waals surface area contributed by atoms with Crippen LogP contribution in [0.1, 0.15) is 5.56 Å². The van der Waals surface area contributed by atoms with Crippen molar-refractivity contribution in [3.63, 3.8) is 0 Å². The van der Waals surface area contributed by atoms with Gasteiger partial charge < -0.3 is 9.47 Å². The first-order valence-electron chi connectivity index (χ1n) is 7.82. The third-order valence-corrected chi connectivity index (χ3v) is 5.67. The van der Waals surface area contributed by atoms with E-state index in [1.807, 2.05) is 52.7 Å². The van der Waals surface area contributed by atoms with Crippen molar-refractivity contribution in [2.45, 2.75) is 0 Å². The normalized spacial score (nSPS) is 11.9. The maximum atomic E-state index is 5.53. The van der Waals surface area contributed by atoms with E-state index in [0.717, 1.165) is 36.7 Å². The van der Waals surface area contributed by atoms with Crippen LogP contribution in [0.4, 0.5) is 0 Å². The number of halogens is 1. The van der Waals surface area contributed by atoms with Crippen molar-refractivity contribution in [3.8, 4) is 22.8 Å². The Labute approximate surface area is 169 Å². The Morgan fingerprint density at radius 1 is 1.12 bits per heavy atom. The first-order chi connectivity index (χ1) is 12.7. The lowest BCUT2D eigenvalue weighted by atomic mass is 10.1. The largest absolute Gasteiger partial charge is 0.497 e. The van der Waals surface area contributed by atoms with Gasteiger partial charge in [0.15, 0.2) is 0 Å². The molecule has 3 aromatic rings. The molecular formula is C19H18IN3O2S. The standard InChI is InChI=1S/C19H18IN3O2S/c1-21-19-23(22-11-13-6-4-5-7-16(13)20)17(12-26-19)15-10-14(24-2)8-9-18(15)25-3/h4-12H,1-3H3. The molecular weight excluding hydrogens is 461 g/mol. The summed E-state index contributed by atoms with van der Waals surface area (Å²) in [6, 6.07) is 13.8. The summed E-state index contributed by atoms with van der Waals surface area (Å²) in [6.07, 6.45) is 1.85. The van der Waals surface area contributed by atoms with E-state index in [1.165, 1.54) is 11.3 Å². The minimum Gasteiger partial charge on any atom is -0.497 e. The van der Waals surface area contributed by atoms with Crippen LogP contribution >= 0.6 is 33.9 Å². The van der Waals surface area contributed by atoms with Crippen LogP contribution in [-0.2, 0) is 0 Å². The van der Waals surface area contributed by atoms with Gasteiger partial charge in [-0.25, -0.2) is 4.68 Å². The summed E-state index contributed by atoms with van der Waals surface area (Å²) in [7, 11) is 5.06. The van der Waals surface area contributed by atoms with Crippen molar-refractivity contribution in [1.29, 1.82) is 0 Å². The molecule has 0 aliphatic carbocycles. The molecule has 0 unspecified atom stereocenters. The van der Waals surface area contributed by atoms with E-state index in [4.69, 9.17) is 9.47 Å². The summed E-state index contributed by atoms with van der Waals surface area (Å²) >= 11 is 3.83. The van der Waals surface area contributed by atoms with E-state index >= 15 is 0 Å². The zero-order valence-corrected chi connectivity index (χ0v) is 17.6. The van der Waals surface area contributed by atoms with Crippen LogP contribution in [0, 0.1) is 3.57 Å². The van der Waals surface area contributed by atoms with E-state index in [-0.39, 0.29) is 0 Å². The fourth-order valence-electron chi connectivity index (χ4n) is 2.46. The lowest BCUT2D eigenvalue weighted by molar-refractivity contribution is 0.404. The molecule has 2 aromatic carbocycles. The second-order valence-corrected chi connectivity index (χ2v) is 7.27. The molecule has 0 saturated heterocycles. The Bertz CT molecular complexity index is 1010. The quantitative estimate of drug-likeness (QED) is 0.406. The van der Waals surface area contributed by atoms with Crippen molar-refractivity contribution in [3.05, 3.63) is 61.8 Å². The van der Waals surface area contributed by atoms with Crippen LogP contribution in [0.2, 0.25) is 0 Å². The lowest BCUT2D eigenvalue weighted by Crippen LogP contribution is -2.12. The van der Waals surface area contributed by atoms with Crippen molar-refractivity contribution in [2.75, 3.05) is 21.3 Å². The average Bonchev–Trinajstić information content (AvgIpc) is 3.09. The lowest BCUT2D eigenvalue weighted by Gasteiger charge is -2.11. The van der Waals surface area contributed by atoms with E-state index < -0.39 is 0 Å². The van der Waals surface area contributed by atoms with Gasteiger partial charge in [0.05, 0.1) is 26.1 Å². The van der Waals surface area contributed by atoms with Gasteiger partial charge in [0.1, 0.15) is 11.5 Å². The summed E-state index contributed by atoms with van der Waals surface area (Å²) in [5.41, 5.74) is 2.85. The Morgan fingerprint density at radius 2 is 1.92 bits per heavy atom. The Hall–Kier alpha value is -2.13. The molecule has 0 atom stereocenters. The zero-order valence-electron chi connectivity index (χ0n) is 14.6. The molecule has 5 nitrogen and oxygen atoms in total. The zero-order chi connectivity index (χ0) is 18.5. The number of thiazole rings is 1. The Kier molecular flexibility index (Phi) is 6.10. The van der Waals surface area contributed by atoms with Gasteiger partial charge in [0.25, 0.3) is 0 Å². The van der Waals surface area contributed by atoms with Crippen LogP contribution in [0.3, 0.4) is 0 Å². The number of methoxy groups -OCH3 is 2. The van der Waals surface area contributed by atoms with Gasteiger partial charge in [-0.1, -0.05) is 18.2 Å². The van der Waals surface area contributed by atoms with E-state index in [2.05, 4.69) is 38.8 Å². The monoisotopic (exact) mass is 479 g/mol. The highest BCUT2D eigenvalue weighted by Gasteiger charge is 2.13. The van der Waals surface area contributed by atoms with Crippen LogP contribution in [0.25, 0.3) is 11.3 Å². The van der Waals surface area contributed by atoms with E-state index in [9.17, 15) is 0 Å². The van der Waals surface area contributed by atoms with Crippen LogP contribution in [0.5, 0.6) is 11.5 Å². The second kappa shape index (κ2) is 8.50. The van der Waals surface area contributed by atoms with Gasteiger partial charge in [-0.2, -0.15) is 5.10 Å². The Morgan fingerprint density at radius 3 is 2.62 bits per heavy atom. The minimum atomic E-state index is 0.754. The molecule has 0 saturated carbocycles. The minimum absolute atomic E-state index is 0.754. The summed E-state index contributed by atoms with van der Waals surface area (Å²) in [6.45, 7) is 0. The van der Waals surface area contributed by atoms with Gasteiger partial charge in [0.2, 0.25) is 4.80 Å². The first kappa shape index (κ1) is 18.7. The number of nitrogens with zero attached hydrogens (tertiary/aromatic N) is 3. The molecule has 1 aromatic heterocycles. The summed E-state index contributed by atoms with van der Waals surface area (Å²) < 4.78 is 13.9. The molecule has 7 heteroatoms. The number of hydrogen-bond acceptors (Lipinski definition) is 5. The van der Waals surface area contributed by atoms with Crippen molar-refractivity contribution in [2.24, 2.45) is 10.1 Å². The van der Waals surface area contributed by atoms with E-state index in [0.29, 0.717) is 0 Å². The molecule has 0 aliphatic rings. The maximum Gasteiger partial charge on any atom is 0.205 e. The predicted octanol–water partition coefficient (Wildman–Crippen LogP) is 4.25. The molecule has 0 spiro atoms. The SMILES string of the molecule is CN=c1scc(-c2cc(OC)ccc2OC)n1N=Cc1ccccc1I. The fraction of sp³-hybridized carbons (Fsp3) is 0.158. The molecule has 0 aliphatic heterocycles. The van der Waals surface area contributed by atoms with Gasteiger partial charge in [0, 0.05) is 27.1 Å².